The third-order valence-corrected chi connectivity index (χ3v) is 1.58. The van der Waals surface area contributed by atoms with E-state index in [9.17, 15) is 18.0 Å². The molecule has 0 aliphatic rings. The monoisotopic (exact) mass is 234 g/mol. The number of carbonyl (C=O) groups excluding carboxylic acids is 1. The van der Waals surface area contributed by atoms with E-state index in [-0.39, 0.29) is 5.56 Å². The first-order chi connectivity index (χ1) is 7.49. The summed E-state index contributed by atoms with van der Waals surface area (Å²) >= 11 is 0. The first-order valence-electron chi connectivity index (χ1n) is 4.38. The van der Waals surface area contributed by atoms with Crippen LogP contribution in [0.2, 0.25) is 0 Å². The standard InChI is InChI=1S/C9H9F3N2O2/c10-9(11,12)3-5-16-14-8(15)7-2-1-4-13-6-7/h1-2,4,6H,3,5H2,(H,14,15). The van der Waals surface area contributed by atoms with Crippen LogP contribution in [0.25, 0.3) is 0 Å². The van der Waals surface area contributed by atoms with E-state index in [0.717, 1.165) is 0 Å². The van der Waals surface area contributed by atoms with Crippen LogP contribution in [-0.4, -0.2) is 23.7 Å². The zero-order chi connectivity index (χ0) is 12.0. The summed E-state index contributed by atoms with van der Waals surface area (Å²) in [5, 5.41) is 0. The molecule has 16 heavy (non-hydrogen) atoms. The second kappa shape index (κ2) is 5.45. The molecule has 0 saturated heterocycles. The molecule has 0 radical (unpaired) electrons. The molecule has 88 valence electrons. The minimum atomic E-state index is -4.29. The first-order valence-corrected chi connectivity index (χ1v) is 4.38. The van der Waals surface area contributed by atoms with E-state index in [1.54, 1.807) is 0 Å². The second-order valence-corrected chi connectivity index (χ2v) is 2.89. The van der Waals surface area contributed by atoms with Crippen molar-refractivity contribution >= 4 is 5.91 Å². The van der Waals surface area contributed by atoms with Crippen molar-refractivity contribution in [2.24, 2.45) is 0 Å². The molecule has 0 aliphatic heterocycles. The van der Waals surface area contributed by atoms with Crippen LogP contribution in [0.15, 0.2) is 24.5 Å². The van der Waals surface area contributed by atoms with E-state index >= 15 is 0 Å². The molecule has 0 saturated carbocycles. The molecule has 0 unspecified atom stereocenters. The molecule has 1 heterocycles. The van der Waals surface area contributed by atoms with Gasteiger partial charge >= 0.3 is 6.18 Å². The van der Waals surface area contributed by atoms with E-state index in [1.165, 1.54) is 24.5 Å². The molecule has 0 aliphatic carbocycles. The van der Waals surface area contributed by atoms with Gasteiger partial charge in [0.1, 0.15) is 0 Å². The Morgan fingerprint density at radius 1 is 1.50 bits per heavy atom. The third kappa shape index (κ3) is 4.74. The van der Waals surface area contributed by atoms with E-state index in [4.69, 9.17) is 0 Å². The van der Waals surface area contributed by atoms with Crippen molar-refractivity contribution in [3.05, 3.63) is 30.1 Å². The van der Waals surface area contributed by atoms with Crippen molar-refractivity contribution in [3.8, 4) is 0 Å². The lowest BCUT2D eigenvalue weighted by Gasteiger charge is -2.07. The minimum absolute atomic E-state index is 0.217. The largest absolute Gasteiger partial charge is 0.391 e. The van der Waals surface area contributed by atoms with Gasteiger partial charge in [0, 0.05) is 12.4 Å². The van der Waals surface area contributed by atoms with Crippen LogP contribution >= 0.6 is 0 Å². The number of halogens is 3. The van der Waals surface area contributed by atoms with Crippen molar-refractivity contribution in [3.63, 3.8) is 0 Å². The van der Waals surface area contributed by atoms with Crippen LogP contribution in [0.1, 0.15) is 16.8 Å². The predicted octanol–water partition coefficient (Wildman–Crippen LogP) is 1.70. The summed E-state index contributed by atoms with van der Waals surface area (Å²) in [7, 11) is 0. The Bertz CT molecular complexity index is 340. The lowest BCUT2D eigenvalue weighted by Crippen LogP contribution is -2.26. The van der Waals surface area contributed by atoms with Gasteiger partial charge in [-0.1, -0.05) is 0 Å². The van der Waals surface area contributed by atoms with Crippen molar-refractivity contribution in [1.29, 1.82) is 0 Å². The number of alkyl halides is 3. The molecule has 0 spiro atoms. The summed E-state index contributed by atoms with van der Waals surface area (Å²) in [5.74, 6) is -0.629. The number of rotatable bonds is 4. The Balaban J connectivity index is 2.27. The summed E-state index contributed by atoms with van der Waals surface area (Å²) < 4.78 is 35.1. The molecule has 1 amide bonds. The number of pyridine rings is 1. The summed E-state index contributed by atoms with van der Waals surface area (Å²) in [6.45, 7) is -0.616. The predicted molar refractivity (Wildman–Crippen MR) is 48.3 cm³/mol. The molecule has 7 heteroatoms. The van der Waals surface area contributed by atoms with Crippen molar-refractivity contribution in [2.45, 2.75) is 12.6 Å². The zero-order valence-corrected chi connectivity index (χ0v) is 8.12. The maximum absolute atomic E-state index is 11.7. The molecule has 0 aromatic carbocycles. The summed E-state index contributed by atoms with van der Waals surface area (Å²) in [5.41, 5.74) is 2.11. The van der Waals surface area contributed by atoms with Crippen LogP contribution in [-0.2, 0) is 4.84 Å². The molecular formula is C9H9F3N2O2. The molecule has 1 rings (SSSR count). The van der Waals surface area contributed by atoms with Crippen molar-refractivity contribution < 1.29 is 22.8 Å². The Morgan fingerprint density at radius 3 is 2.81 bits per heavy atom. The number of hydroxylamine groups is 1. The molecule has 1 aromatic rings. The fourth-order valence-corrected chi connectivity index (χ4v) is 0.839. The zero-order valence-electron chi connectivity index (χ0n) is 8.12. The van der Waals surface area contributed by atoms with Crippen molar-refractivity contribution in [1.82, 2.24) is 10.5 Å². The quantitative estimate of drug-likeness (QED) is 0.637. The van der Waals surface area contributed by atoms with Crippen molar-refractivity contribution in [2.75, 3.05) is 6.61 Å². The van der Waals surface area contributed by atoms with Gasteiger partial charge in [0.2, 0.25) is 0 Å². The second-order valence-electron chi connectivity index (χ2n) is 2.89. The summed E-state index contributed by atoms with van der Waals surface area (Å²) in [6, 6.07) is 3.00. The maximum Gasteiger partial charge on any atom is 0.391 e. The molecule has 1 aromatic heterocycles. The van der Waals surface area contributed by atoms with Crippen LogP contribution < -0.4 is 5.48 Å². The van der Waals surface area contributed by atoms with E-state index in [2.05, 4.69) is 9.82 Å². The molecule has 0 bridgehead atoms. The summed E-state index contributed by atoms with van der Waals surface area (Å²) in [4.78, 5) is 19.3. The number of hydrogen-bond acceptors (Lipinski definition) is 3. The van der Waals surface area contributed by atoms with Gasteiger partial charge in [0.05, 0.1) is 18.6 Å². The van der Waals surface area contributed by atoms with Gasteiger partial charge in [-0.2, -0.15) is 13.2 Å². The Kier molecular flexibility index (Phi) is 4.24. The fraction of sp³-hybridized carbons (Fsp3) is 0.333. The number of amides is 1. The Labute approximate surface area is 89.4 Å². The normalized spacial score (nSPS) is 11.2. The number of hydrogen-bond donors (Lipinski definition) is 1. The third-order valence-electron chi connectivity index (χ3n) is 1.58. The highest BCUT2D eigenvalue weighted by Crippen LogP contribution is 2.18. The van der Waals surface area contributed by atoms with E-state index in [0.29, 0.717) is 0 Å². The van der Waals surface area contributed by atoms with Gasteiger partial charge in [-0.05, 0) is 12.1 Å². The van der Waals surface area contributed by atoms with Gasteiger partial charge in [-0.25, -0.2) is 5.48 Å². The molecule has 0 fully saturated rings. The highest BCUT2D eigenvalue weighted by Gasteiger charge is 2.26. The highest BCUT2D eigenvalue weighted by atomic mass is 19.4. The van der Waals surface area contributed by atoms with Gasteiger partial charge < -0.3 is 0 Å². The fourth-order valence-electron chi connectivity index (χ4n) is 0.839. The van der Waals surface area contributed by atoms with Gasteiger partial charge in [0.15, 0.2) is 0 Å². The molecule has 0 atom stereocenters. The van der Waals surface area contributed by atoms with Crippen LogP contribution in [0.4, 0.5) is 13.2 Å². The number of nitrogens with zero attached hydrogens (tertiary/aromatic N) is 1. The summed E-state index contributed by atoms with van der Waals surface area (Å²) in [6.07, 6.45) is -2.65. The molecular weight excluding hydrogens is 225 g/mol. The van der Waals surface area contributed by atoms with Crippen LogP contribution in [0.3, 0.4) is 0 Å². The minimum Gasteiger partial charge on any atom is -0.273 e. The smallest absolute Gasteiger partial charge is 0.273 e. The maximum atomic E-state index is 11.7. The Hall–Kier alpha value is -1.63. The Morgan fingerprint density at radius 2 is 2.25 bits per heavy atom. The highest BCUT2D eigenvalue weighted by molar-refractivity contribution is 5.92. The topological polar surface area (TPSA) is 51.2 Å². The van der Waals surface area contributed by atoms with Crippen LogP contribution in [0.5, 0.6) is 0 Å². The lowest BCUT2D eigenvalue weighted by atomic mass is 10.3. The van der Waals surface area contributed by atoms with Crippen LogP contribution in [0, 0.1) is 0 Å². The number of aromatic nitrogens is 1. The van der Waals surface area contributed by atoms with Gasteiger partial charge in [-0.3, -0.25) is 14.6 Å². The molecule has 1 N–H and O–H groups in total. The van der Waals surface area contributed by atoms with Gasteiger partial charge in [0.25, 0.3) is 5.91 Å². The molecule has 4 nitrogen and oxygen atoms in total. The average Bonchev–Trinajstić information content (AvgIpc) is 2.24. The van der Waals surface area contributed by atoms with E-state index in [1.807, 2.05) is 5.48 Å². The van der Waals surface area contributed by atoms with Gasteiger partial charge in [-0.15, -0.1) is 0 Å². The van der Waals surface area contributed by atoms with E-state index < -0.39 is 25.1 Å². The average molecular weight is 234 g/mol. The lowest BCUT2D eigenvalue weighted by molar-refractivity contribution is -0.149. The number of nitrogens with one attached hydrogen (secondary N) is 1. The first kappa shape index (κ1) is 12.4. The SMILES string of the molecule is O=C(NOCCC(F)(F)F)c1cccnc1. The number of carbonyl (C=O) groups is 1.